The Balaban J connectivity index is 1.76. The highest BCUT2D eigenvalue weighted by molar-refractivity contribution is 5.86. The number of urea groups is 1. The van der Waals surface area contributed by atoms with Gasteiger partial charge in [0.25, 0.3) is 0 Å². The molecule has 0 aliphatic carbocycles. The predicted molar refractivity (Wildman–Crippen MR) is 263 cm³/mol. The van der Waals surface area contributed by atoms with E-state index < -0.39 is 66.4 Å². The maximum absolute atomic E-state index is 13.2. The Morgan fingerprint density at radius 1 is 0.493 bits per heavy atom. The number of hydrogen-bond donors (Lipinski definition) is 10. The summed E-state index contributed by atoms with van der Waals surface area (Å²) in [6.07, 6.45) is 3.84. The van der Waals surface area contributed by atoms with E-state index in [1.54, 1.807) is 9.80 Å². The third-order valence-electron chi connectivity index (χ3n) is 11.9. The summed E-state index contributed by atoms with van der Waals surface area (Å²) in [6.45, 7) is 4.12. The van der Waals surface area contributed by atoms with E-state index in [4.69, 9.17) is 9.84 Å². The number of ether oxygens (including phenoxy) is 1. The lowest BCUT2D eigenvalue weighted by Gasteiger charge is -2.32. The lowest BCUT2D eigenvalue weighted by atomic mass is 10.1. The molecule has 410 valence electrons. The highest BCUT2D eigenvalue weighted by atomic mass is 16.5. The highest BCUT2D eigenvalue weighted by Gasteiger charge is 2.26. The number of aliphatic carboxylic acids is 5. The molecule has 2 rings (SSSR count). The third kappa shape index (κ3) is 30.9. The SMILES string of the molecule is CN1CCN(CC(=O)O)CCN(CC(=O)O)CCN(CC(=O)NCCCCC(NC(=O)CCCCCCC(=O)NCCCC[C@H](NC(=O)N[C@@H](CCC(=O)O)C(=O)O)C(=O)O)C(=O)OCc2ccccc2)CC1. The van der Waals surface area contributed by atoms with Gasteiger partial charge in [0.2, 0.25) is 17.7 Å². The van der Waals surface area contributed by atoms with Gasteiger partial charge in [-0.3, -0.25) is 43.5 Å². The molecule has 0 spiro atoms. The molecule has 1 aliphatic rings. The third-order valence-corrected chi connectivity index (χ3v) is 11.9. The average Bonchev–Trinajstić information content (AvgIpc) is 3.32. The Kier molecular flexibility index (Phi) is 31.3. The monoisotopic (exact) mass is 1040 g/mol. The Bertz CT molecular complexity index is 1910. The van der Waals surface area contributed by atoms with Gasteiger partial charge in [-0.25, -0.2) is 19.2 Å². The number of unbranched alkanes of at least 4 members (excludes halogenated alkanes) is 5. The molecule has 1 heterocycles. The zero-order valence-corrected chi connectivity index (χ0v) is 41.9. The lowest BCUT2D eigenvalue weighted by Crippen LogP contribution is -2.51. The van der Waals surface area contributed by atoms with Crippen LogP contribution in [0.4, 0.5) is 4.79 Å². The zero-order chi connectivity index (χ0) is 54.0. The number of rotatable bonds is 34. The molecule has 1 saturated heterocycles. The number of carboxylic acid groups (broad SMARTS) is 5. The topological polar surface area (TPSA) is 354 Å². The minimum Gasteiger partial charge on any atom is -0.481 e. The summed E-state index contributed by atoms with van der Waals surface area (Å²) >= 11 is 0. The molecule has 0 bridgehead atoms. The summed E-state index contributed by atoms with van der Waals surface area (Å²) in [5.41, 5.74) is 0.784. The minimum absolute atomic E-state index is 0.00360. The number of nitrogens with one attached hydrogen (secondary N) is 5. The molecule has 1 aromatic carbocycles. The van der Waals surface area contributed by atoms with E-state index in [2.05, 4.69) is 31.5 Å². The molecule has 5 amide bonds. The van der Waals surface area contributed by atoms with Crippen molar-refractivity contribution in [1.29, 1.82) is 0 Å². The van der Waals surface area contributed by atoms with Crippen LogP contribution in [0.15, 0.2) is 30.3 Å². The molecular weight excluding hydrogens is 959 g/mol. The van der Waals surface area contributed by atoms with Gasteiger partial charge in [-0.15, -0.1) is 0 Å². The Morgan fingerprint density at radius 3 is 1.47 bits per heavy atom. The van der Waals surface area contributed by atoms with Crippen LogP contribution < -0.4 is 26.6 Å². The van der Waals surface area contributed by atoms with E-state index in [0.29, 0.717) is 110 Å². The maximum Gasteiger partial charge on any atom is 0.328 e. The van der Waals surface area contributed by atoms with Crippen LogP contribution in [0.2, 0.25) is 0 Å². The van der Waals surface area contributed by atoms with Crippen molar-refractivity contribution >= 4 is 59.6 Å². The van der Waals surface area contributed by atoms with Crippen molar-refractivity contribution in [3.8, 4) is 0 Å². The molecule has 3 atom stereocenters. The van der Waals surface area contributed by atoms with E-state index >= 15 is 0 Å². The first-order chi connectivity index (χ1) is 34.8. The van der Waals surface area contributed by atoms with Crippen LogP contribution in [-0.4, -0.2) is 215 Å². The number of nitrogens with zero attached hydrogens (tertiary/aromatic N) is 4. The van der Waals surface area contributed by atoms with Crippen molar-refractivity contribution < 1.29 is 78.2 Å². The normalized spacial score (nSPS) is 15.5. The molecule has 1 aliphatic heterocycles. The fourth-order valence-electron chi connectivity index (χ4n) is 7.65. The van der Waals surface area contributed by atoms with E-state index in [1.807, 2.05) is 42.3 Å². The van der Waals surface area contributed by atoms with E-state index in [0.717, 1.165) is 5.56 Å². The van der Waals surface area contributed by atoms with Crippen LogP contribution in [0.25, 0.3) is 0 Å². The van der Waals surface area contributed by atoms with Gasteiger partial charge in [0.1, 0.15) is 24.7 Å². The molecule has 1 aromatic rings. The van der Waals surface area contributed by atoms with Gasteiger partial charge < -0.3 is 61.8 Å². The zero-order valence-electron chi connectivity index (χ0n) is 41.9. The Labute approximate surface area is 425 Å². The van der Waals surface area contributed by atoms with Gasteiger partial charge in [0, 0.05) is 84.7 Å². The van der Waals surface area contributed by atoms with E-state index in [9.17, 15) is 68.4 Å². The first-order valence-corrected chi connectivity index (χ1v) is 24.9. The maximum atomic E-state index is 13.2. The highest BCUT2D eigenvalue weighted by Crippen LogP contribution is 2.11. The molecule has 10 N–H and O–H groups in total. The van der Waals surface area contributed by atoms with Gasteiger partial charge in [-0.1, -0.05) is 43.2 Å². The average molecular weight is 1040 g/mol. The summed E-state index contributed by atoms with van der Waals surface area (Å²) in [5, 5.41) is 59.0. The van der Waals surface area contributed by atoms with Gasteiger partial charge >= 0.3 is 41.8 Å². The Hall–Kier alpha value is -6.44. The molecule has 1 fully saturated rings. The molecule has 0 radical (unpaired) electrons. The molecular formula is C48H77N9O16. The van der Waals surface area contributed by atoms with Gasteiger partial charge in [0.15, 0.2) is 0 Å². The number of carbonyl (C=O) groups excluding carboxylic acids is 5. The number of amides is 5. The number of carboxylic acids is 5. The quantitative estimate of drug-likeness (QED) is 0.0326. The van der Waals surface area contributed by atoms with Crippen molar-refractivity contribution in [3.05, 3.63) is 35.9 Å². The Morgan fingerprint density at radius 2 is 0.959 bits per heavy atom. The second-order valence-electron chi connectivity index (χ2n) is 18.1. The summed E-state index contributed by atoms with van der Waals surface area (Å²) in [4.78, 5) is 128. The van der Waals surface area contributed by atoms with Crippen molar-refractivity contribution in [2.24, 2.45) is 0 Å². The van der Waals surface area contributed by atoms with Crippen LogP contribution in [-0.2, 0) is 54.5 Å². The van der Waals surface area contributed by atoms with Crippen LogP contribution in [0.1, 0.15) is 95.5 Å². The standard InChI is InChI=1S/C48H77N9O16/c1-54-23-25-55(27-28-57(33-44(65)66)30-29-56(26-24-54)32-43(63)64)31-41(60)50-22-12-10-16-38(47(71)73-34-35-13-5-4-6-14-35)51-40(59)18-8-3-2-7-17-39(58)49-21-11-9-15-36(45(67)68)52-48(72)53-37(46(69)70)19-20-42(61)62/h4-6,13-14,36-38H,2-3,7-12,15-34H2,1H3,(H,49,58)(H,50,60)(H,51,59)(H,61,62)(H,63,64)(H,65,66)(H,67,68)(H,69,70)(H2,52,53,72)/t36-,37-,38?/m0/s1. The van der Waals surface area contributed by atoms with Gasteiger partial charge in [0.05, 0.1) is 19.6 Å². The molecule has 25 heteroatoms. The number of carbonyl (C=O) groups is 10. The van der Waals surface area contributed by atoms with Crippen molar-refractivity contribution in [2.75, 3.05) is 92.1 Å². The van der Waals surface area contributed by atoms with Gasteiger partial charge in [-0.05, 0) is 70.4 Å². The summed E-state index contributed by atoms with van der Waals surface area (Å²) in [6, 6.07) is 4.28. The van der Waals surface area contributed by atoms with Crippen LogP contribution in [0.3, 0.4) is 0 Å². The van der Waals surface area contributed by atoms with E-state index in [-0.39, 0.29) is 82.6 Å². The lowest BCUT2D eigenvalue weighted by molar-refractivity contribution is -0.149. The molecule has 25 nitrogen and oxygen atoms in total. The van der Waals surface area contributed by atoms with Crippen molar-refractivity contribution in [2.45, 2.75) is 115 Å². The van der Waals surface area contributed by atoms with Crippen LogP contribution in [0, 0.1) is 0 Å². The fraction of sp³-hybridized carbons (Fsp3) is 0.667. The van der Waals surface area contributed by atoms with Crippen molar-refractivity contribution in [3.63, 3.8) is 0 Å². The second-order valence-corrected chi connectivity index (χ2v) is 18.1. The van der Waals surface area contributed by atoms with Crippen LogP contribution in [0.5, 0.6) is 0 Å². The number of hydrogen-bond acceptors (Lipinski definition) is 15. The van der Waals surface area contributed by atoms with Crippen molar-refractivity contribution in [1.82, 2.24) is 46.2 Å². The largest absolute Gasteiger partial charge is 0.481 e. The van der Waals surface area contributed by atoms with E-state index in [1.165, 1.54) is 0 Å². The molecule has 0 saturated carbocycles. The predicted octanol–water partition coefficient (Wildman–Crippen LogP) is 0.219. The first-order valence-electron chi connectivity index (χ1n) is 24.9. The summed E-state index contributed by atoms with van der Waals surface area (Å²) in [5.74, 6) is -7.34. The van der Waals surface area contributed by atoms with Gasteiger partial charge in [-0.2, -0.15) is 0 Å². The van der Waals surface area contributed by atoms with Crippen LogP contribution >= 0.6 is 0 Å². The smallest absolute Gasteiger partial charge is 0.328 e. The summed E-state index contributed by atoms with van der Waals surface area (Å²) < 4.78 is 5.56. The fourth-order valence-corrected chi connectivity index (χ4v) is 7.65. The number of esters is 1. The number of likely N-dealkylation sites (N-methyl/N-ethyl adjacent to an activating group) is 1. The second kappa shape index (κ2) is 36.5. The molecule has 1 unspecified atom stereocenters. The minimum atomic E-state index is -1.52. The summed E-state index contributed by atoms with van der Waals surface area (Å²) in [7, 11) is 1.92. The molecule has 0 aromatic heterocycles. The first kappa shape index (κ1) is 62.7. The number of benzene rings is 1. The molecule has 73 heavy (non-hydrogen) atoms.